The van der Waals surface area contributed by atoms with E-state index in [2.05, 4.69) is 52.0 Å². The summed E-state index contributed by atoms with van der Waals surface area (Å²) in [6.45, 7) is 8.92. The molecule has 0 unspecified atom stereocenters. The van der Waals surface area contributed by atoms with Gasteiger partial charge in [0.1, 0.15) is 11.5 Å². The number of rotatable bonds is 4. The van der Waals surface area contributed by atoms with Crippen LogP contribution in [-0.4, -0.2) is 0 Å². The summed E-state index contributed by atoms with van der Waals surface area (Å²) in [4.78, 5) is 0. The van der Waals surface area contributed by atoms with Crippen molar-refractivity contribution < 1.29 is 4.74 Å². The van der Waals surface area contributed by atoms with Crippen LogP contribution in [0.3, 0.4) is 0 Å². The number of aryl methyl sites for hydroxylation is 1. The van der Waals surface area contributed by atoms with Gasteiger partial charge in [0, 0.05) is 6.07 Å². The Hall–Kier alpha value is -1.76. The SMILES string of the molecule is CCCc1cc(C(C)(C)C)ccc1Oc1[c]cccc1. The molecule has 2 rings (SSSR count). The van der Waals surface area contributed by atoms with E-state index in [1.54, 1.807) is 0 Å². The van der Waals surface area contributed by atoms with Crippen LogP contribution < -0.4 is 4.74 Å². The van der Waals surface area contributed by atoms with Gasteiger partial charge in [0.2, 0.25) is 0 Å². The maximum absolute atomic E-state index is 5.97. The van der Waals surface area contributed by atoms with Gasteiger partial charge in [-0.25, -0.2) is 0 Å². The lowest BCUT2D eigenvalue weighted by Crippen LogP contribution is -2.11. The molecule has 105 valence electrons. The first-order valence-electron chi connectivity index (χ1n) is 7.28. The Morgan fingerprint density at radius 3 is 2.50 bits per heavy atom. The number of hydrogen-bond acceptors (Lipinski definition) is 1. The molecule has 2 aromatic carbocycles. The van der Waals surface area contributed by atoms with Crippen molar-refractivity contribution in [2.24, 2.45) is 0 Å². The van der Waals surface area contributed by atoms with Crippen LogP contribution in [0.5, 0.6) is 11.5 Å². The normalized spacial score (nSPS) is 11.4. The average molecular weight is 267 g/mol. The van der Waals surface area contributed by atoms with E-state index in [1.165, 1.54) is 11.1 Å². The minimum atomic E-state index is 0.167. The molecule has 0 saturated carbocycles. The molecule has 1 radical (unpaired) electrons. The molecule has 0 bridgehead atoms. The molecule has 20 heavy (non-hydrogen) atoms. The molecule has 0 aliphatic rings. The van der Waals surface area contributed by atoms with Crippen molar-refractivity contribution in [1.29, 1.82) is 0 Å². The van der Waals surface area contributed by atoms with Gasteiger partial charge in [-0.15, -0.1) is 0 Å². The summed E-state index contributed by atoms with van der Waals surface area (Å²) in [5, 5.41) is 0. The van der Waals surface area contributed by atoms with Crippen LogP contribution in [0.1, 0.15) is 45.2 Å². The lowest BCUT2D eigenvalue weighted by Gasteiger charge is -2.21. The molecule has 0 spiro atoms. The van der Waals surface area contributed by atoms with Gasteiger partial charge in [-0.2, -0.15) is 0 Å². The Kier molecular flexibility index (Phi) is 4.49. The van der Waals surface area contributed by atoms with E-state index < -0.39 is 0 Å². The van der Waals surface area contributed by atoms with Crippen LogP contribution in [0, 0.1) is 6.07 Å². The fraction of sp³-hybridized carbons (Fsp3) is 0.368. The van der Waals surface area contributed by atoms with Gasteiger partial charge in [0.25, 0.3) is 0 Å². The fourth-order valence-corrected chi connectivity index (χ4v) is 2.17. The Morgan fingerprint density at radius 2 is 1.90 bits per heavy atom. The van der Waals surface area contributed by atoms with E-state index in [4.69, 9.17) is 4.74 Å². The number of para-hydroxylation sites is 1. The molecule has 0 N–H and O–H groups in total. The molecular weight excluding hydrogens is 244 g/mol. The van der Waals surface area contributed by atoms with Crippen LogP contribution in [0.2, 0.25) is 0 Å². The summed E-state index contributed by atoms with van der Waals surface area (Å²) < 4.78 is 5.97. The molecule has 0 aliphatic carbocycles. The topological polar surface area (TPSA) is 9.23 Å². The van der Waals surface area contributed by atoms with Gasteiger partial charge in [0.05, 0.1) is 0 Å². The summed E-state index contributed by atoms with van der Waals surface area (Å²) in [6, 6.07) is 17.4. The average Bonchev–Trinajstić information content (AvgIpc) is 2.41. The first-order valence-corrected chi connectivity index (χ1v) is 7.28. The Balaban J connectivity index is 2.33. The maximum Gasteiger partial charge on any atom is 0.135 e. The quantitative estimate of drug-likeness (QED) is 0.707. The second kappa shape index (κ2) is 6.13. The highest BCUT2D eigenvalue weighted by molar-refractivity contribution is 5.42. The monoisotopic (exact) mass is 267 g/mol. The summed E-state index contributed by atoms with van der Waals surface area (Å²) >= 11 is 0. The van der Waals surface area contributed by atoms with Gasteiger partial charge in [-0.05, 0) is 35.1 Å². The summed E-state index contributed by atoms with van der Waals surface area (Å²) in [5.41, 5.74) is 2.79. The molecule has 0 fully saturated rings. The smallest absolute Gasteiger partial charge is 0.135 e. The highest BCUT2D eigenvalue weighted by Crippen LogP contribution is 2.31. The third kappa shape index (κ3) is 3.63. The van der Waals surface area contributed by atoms with Crippen molar-refractivity contribution in [2.75, 3.05) is 0 Å². The van der Waals surface area contributed by atoms with E-state index in [-0.39, 0.29) is 5.41 Å². The van der Waals surface area contributed by atoms with Crippen molar-refractivity contribution in [3.05, 3.63) is 59.7 Å². The van der Waals surface area contributed by atoms with Crippen molar-refractivity contribution in [2.45, 2.75) is 46.0 Å². The van der Waals surface area contributed by atoms with E-state index in [9.17, 15) is 0 Å². The van der Waals surface area contributed by atoms with Crippen molar-refractivity contribution in [3.8, 4) is 11.5 Å². The number of hydrogen-bond donors (Lipinski definition) is 0. The van der Waals surface area contributed by atoms with Crippen LogP contribution in [0.4, 0.5) is 0 Å². The highest BCUT2D eigenvalue weighted by Gasteiger charge is 2.16. The molecular formula is C19H23O. The Labute approximate surface area is 122 Å². The molecule has 0 atom stereocenters. The van der Waals surface area contributed by atoms with E-state index in [1.807, 2.05) is 24.3 Å². The van der Waals surface area contributed by atoms with Gasteiger partial charge in [-0.1, -0.05) is 64.4 Å². The first kappa shape index (κ1) is 14.6. The molecule has 0 aromatic heterocycles. The molecule has 0 saturated heterocycles. The van der Waals surface area contributed by atoms with E-state index in [0.29, 0.717) is 0 Å². The zero-order chi connectivity index (χ0) is 14.6. The Morgan fingerprint density at radius 1 is 1.10 bits per heavy atom. The van der Waals surface area contributed by atoms with E-state index >= 15 is 0 Å². The third-order valence-corrected chi connectivity index (χ3v) is 3.35. The minimum absolute atomic E-state index is 0.167. The van der Waals surface area contributed by atoms with Gasteiger partial charge < -0.3 is 4.74 Å². The first-order chi connectivity index (χ1) is 9.50. The molecule has 0 aliphatic heterocycles. The molecule has 2 aromatic rings. The van der Waals surface area contributed by atoms with Crippen molar-refractivity contribution >= 4 is 0 Å². The lowest BCUT2D eigenvalue weighted by molar-refractivity contribution is 0.473. The summed E-state index contributed by atoms with van der Waals surface area (Å²) in [7, 11) is 0. The van der Waals surface area contributed by atoms with Crippen LogP contribution in [0.15, 0.2) is 42.5 Å². The maximum atomic E-state index is 5.97. The van der Waals surface area contributed by atoms with Crippen LogP contribution in [0.25, 0.3) is 0 Å². The highest BCUT2D eigenvalue weighted by atomic mass is 16.5. The van der Waals surface area contributed by atoms with Gasteiger partial charge in [-0.3, -0.25) is 0 Å². The molecule has 1 heteroatoms. The van der Waals surface area contributed by atoms with Crippen LogP contribution in [-0.2, 0) is 11.8 Å². The van der Waals surface area contributed by atoms with Crippen molar-refractivity contribution in [3.63, 3.8) is 0 Å². The predicted molar refractivity (Wildman–Crippen MR) is 84.5 cm³/mol. The minimum Gasteiger partial charge on any atom is -0.456 e. The molecule has 0 heterocycles. The second-order valence-electron chi connectivity index (χ2n) is 6.15. The number of ether oxygens (including phenoxy) is 1. The zero-order valence-corrected chi connectivity index (χ0v) is 12.9. The van der Waals surface area contributed by atoms with Gasteiger partial charge in [0.15, 0.2) is 0 Å². The Bertz CT molecular complexity index is 550. The third-order valence-electron chi connectivity index (χ3n) is 3.35. The zero-order valence-electron chi connectivity index (χ0n) is 12.9. The largest absolute Gasteiger partial charge is 0.456 e. The van der Waals surface area contributed by atoms with Crippen molar-refractivity contribution in [1.82, 2.24) is 0 Å². The lowest BCUT2D eigenvalue weighted by atomic mass is 9.85. The molecule has 0 amide bonds. The number of benzene rings is 2. The summed E-state index contributed by atoms with van der Waals surface area (Å²) in [6.07, 6.45) is 2.15. The second-order valence-corrected chi connectivity index (χ2v) is 6.15. The molecule has 1 nitrogen and oxygen atoms in total. The summed E-state index contributed by atoms with van der Waals surface area (Å²) in [5.74, 6) is 1.72. The fourth-order valence-electron chi connectivity index (χ4n) is 2.17. The van der Waals surface area contributed by atoms with E-state index in [0.717, 1.165) is 24.3 Å². The predicted octanol–water partition coefficient (Wildman–Crippen LogP) is 5.53. The van der Waals surface area contributed by atoms with Gasteiger partial charge >= 0.3 is 0 Å². The standard InChI is InChI=1S/C19H23O/c1-5-9-15-14-16(19(2,3)4)12-13-18(15)20-17-10-7-6-8-11-17/h6-8,10,12-14H,5,9H2,1-4H3. The van der Waals surface area contributed by atoms with Crippen LogP contribution >= 0.6 is 0 Å².